The van der Waals surface area contributed by atoms with Gasteiger partial charge >= 0.3 is 0 Å². The molecule has 0 aliphatic rings. The summed E-state index contributed by atoms with van der Waals surface area (Å²) in [6, 6.07) is 0. The highest BCUT2D eigenvalue weighted by Gasteiger charge is 2.33. The van der Waals surface area contributed by atoms with E-state index in [-0.39, 0.29) is 12.2 Å². The van der Waals surface area contributed by atoms with Gasteiger partial charge < -0.3 is 15.5 Å². The molecule has 250 valence electrons. The summed E-state index contributed by atoms with van der Waals surface area (Å²) in [5.74, 6) is -1.14. The minimum Gasteiger partial charge on any atom is -0.391 e. The third kappa shape index (κ3) is 24.5. The van der Waals surface area contributed by atoms with Crippen molar-refractivity contribution >= 4 is 11.7 Å². The number of ketones is 1. The minimum absolute atomic E-state index is 0.00423. The summed E-state index contributed by atoms with van der Waals surface area (Å²) in [4.78, 5) is 26.2. The van der Waals surface area contributed by atoms with Crippen LogP contribution in [0.5, 0.6) is 0 Å². The van der Waals surface area contributed by atoms with E-state index in [4.69, 9.17) is 0 Å². The molecule has 42 heavy (non-hydrogen) atoms. The van der Waals surface area contributed by atoms with Crippen LogP contribution in [0.3, 0.4) is 0 Å². The van der Waals surface area contributed by atoms with Gasteiger partial charge in [-0.05, 0) is 19.3 Å². The summed E-state index contributed by atoms with van der Waals surface area (Å²) in [5, 5.41) is 22.9. The van der Waals surface area contributed by atoms with E-state index in [1.807, 2.05) is 6.92 Å². The minimum atomic E-state index is -1.64. The number of rotatable bonds is 33. The van der Waals surface area contributed by atoms with Gasteiger partial charge in [0.25, 0.3) is 0 Å². The molecule has 2 atom stereocenters. The monoisotopic (exact) mass is 596 g/mol. The number of carbonyl (C=O) groups excluding carboxylic acids is 2. The fourth-order valence-corrected chi connectivity index (χ4v) is 6.03. The zero-order valence-corrected chi connectivity index (χ0v) is 28.5. The van der Waals surface area contributed by atoms with E-state index >= 15 is 0 Å². The van der Waals surface area contributed by atoms with Crippen molar-refractivity contribution in [2.24, 2.45) is 5.92 Å². The predicted molar refractivity (Wildman–Crippen MR) is 180 cm³/mol. The first kappa shape index (κ1) is 41.1. The SMILES string of the molecule is CCCCCCCCCCCCCCCC(=O)C(CCCCCCCCCCCCCC)C(=O)NC(O)(CO)CCC. The van der Waals surface area contributed by atoms with Crippen molar-refractivity contribution in [1.29, 1.82) is 0 Å². The number of unbranched alkanes of at least 4 members (excludes halogenated alkanes) is 23. The maximum absolute atomic E-state index is 13.1. The molecular weight excluding hydrogens is 522 g/mol. The van der Waals surface area contributed by atoms with Gasteiger partial charge in [0.2, 0.25) is 5.91 Å². The highest BCUT2D eigenvalue weighted by atomic mass is 16.3. The first-order valence-electron chi connectivity index (χ1n) is 18.6. The lowest BCUT2D eigenvalue weighted by molar-refractivity contribution is -0.142. The summed E-state index contributed by atoms with van der Waals surface area (Å²) in [6.45, 7) is 5.88. The standard InChI is InChI=1S/C37H73NO4/c1-4-7-9-11-13-15-17-19-21-23-25-27-29-31-35(40)34(36(41)38-37(42,33-39)32-6-3)30-28-26-24-22-20-18-16-14-12-10-8-5-2/h34,39,42H,4-33H2,1-3H3,(H,38,41). The van der Waals surface area contributed by atoms with Crippen molar-refractivity contribution in [3.8, 4) is 0 Å². The molecular formula is C37H73NO4. The smallest absolute Gasteiger partial charge is 0.232 e. The van der Waals surface area contributed by atoms with Crippen molar-refractivity contribution < 1.29 is 19.8 Å². The number of carbonyl (C=O) groups is 2. The molecule has 0 bridgehead atoms. The van der Waals surface area contributed by atoms with E-state index in [0.29, 0.717) is 19.3 Å². The number of hydrogen-bond acceptors (Lipinski definition) is 4. The van der Waals surface area contributed by atoms with Crippen LogP contribution in [0, 0.1) is 5.92 Å². The van der Waals surface area contributed by atoms with E-state index < -0.39 is 24.2 Å². The summed E-state index contributed by atoms with van der Waals surface area (Å²) in [7, 11) is 0. The molecule has 0 spiro atoms. The Labute approximate surface area is 261 Å². The van der Waals surface area contributed by atoms with Gasteiger partial charge in [0.15, 0.2) is 5.72 Å². The molecule has 0 aromatic heterocycles. The lowest BCUT2D eigenvalue weighted by atomic mass is 9.91. The summed E-state index contributed by atoms with van der Waals surface area (Å²) >= 11 is 0. The van der Waals surface area contributed by atoms with E-state index in [1.165, 1.54) is 122 Å². The van der Waals surface area contributed by atoms with E-state index in [0.717, 1.165) is 38.5 Å². The van der Waals surface area contributed by atoms with Gasteiger partial charge in [-0.15, -0.1) is 0 Å². The summed E-state index contributed by atoms with van der Waals surface area (Å²) < 4.78 is 0. The topological polar surface area (TPSA) is 86.6 Å². The van der Waals surface area contributed by atoms with E-state index in [1.54, 1.807) is 0 Å². The molecule has 0 saturated heterocycles. The van der Waals surface area contributed by atoms with Crippen LogP contribution in [0.15, 0.2) is 0 Å². The van der Waals surface area contributed by atoms with Gasteiger partial charge in [-0.2, -0.15) is 0 Å². The van der Waals surface area contributed by atoms with Crippen molar-refractivity contribution in [1.82, 2.24) is 5.32 Å². The van der Waals surface area contributed by atoms with Crippen LogP contribution in [-0.4, -0.2) is 34.2 Å². The number of aliphatic hydroxyl groups is 2. The van der Waals surface area contributed by atoms with Gasteiger partial charge in [-0.25, -0.2) is 0 Å². The average molecular weight is 596 g/mol. The Kier molecular flexibility index (Phi) is 29.4. The molecule has 0 fully saturated rings. The normalized spacial score (nSPS) is 13.6. The van der Waals surface area contributed by atoms with Crippen LogP contribution in [0.25, 0.3) is 0 Å². The van der Waals surface area contributed by atoms with Gasteiger partial charge in [0, 0.05) is 6.42 Å². The molecule has 0 aliphatic heterocycles. The molecule has 5 heteroatoms. The molecule has 1 amide bonds. The summed E-state index contributed by atoms with van der Waals surface area (Å²) in [5.41, 5.74) is -1.64. The van der Waals surface area contributed by atoms with Gasteiger partial charge in [-0.1, -0.05) is 181 Å². The fourth-order valence-electron chi connectivity index (χ4n) is 6.03. The average Bonchev–Trinajstić information content (AvgIpc) is 2.97. The van der Waals surface area contributed by atoms with Crippen LogP contribution < -0.4 is 5.32 Å². The van der Waals surface area contributed by atoms with Crippen molar-refractivity contribution in [3.05, 3.63) is 0 Å². The second-order valence-corrected chi connectivity index (χ2v) is 13.1. The molecule has 0 radical (unpaired) electrons. The predicted octanol–water partition coefficient (Wildman–Crippen LogP) is 10.3. The zero-order chi connectivity index (χ0) is 31.2. The van der Waals surface area contributed by atoms with Crippen molar-refractivity contribution in [2.45, 2.75) is 213 Å². The first-order valence-corrected chi connectivity index (χ1v) is 18.6. The van der Waals surface area contributed by atoms with Crippen molar-refractivity contribution in [3.63, 3.8) is 0 Å². The summed E-state index contributed by atoms with van der Waals surface area (Å²) in [6.07, 6.45) is 33.2. The lowest BCUT2D eigenvalue weighted by Crippen LogP contribution is -2.54. The molecule has 0 aromatic rings. The van der Waals surface area contributed by atoms with Crippen LogP contribution in [0.2, 0.25) is 0 Å². The van der Waals surface area contributed by atoms with E-state index in [2.05, 4.69) is 19.2 Å². The second kappa shape index (κ2) is 30.1. The maximum Gasteiger partial charge on any atom is 0.232 e. The number of nitrogens with one attached hydrogen (secondary N) is 1. The lowest BCUT2D eigenvalue weighted by Gasteiger charge is -2.29. The molecule has 5 nitrogen and oxygen atoms in total. The molecule has 0 saturated carbocycles. The Hall–Kier alpha value is -0.940. The number of amides is 1. The molecule has 3 N–H and O–H groups in total. The molecule has 0 rings (SSSR count). The Morgan fingerprint density at radius 2 is 0.905 bits per heavy atom. The molecule has 0 heterocycles. The maximum atomic E-state index is 13.1. The fraction of sp³-hybridized carbons (Fsp3) is 0.946. The van der Waals surface area contributed by atoms with Crippen molar-refractivity contribution in [2.75, 3.05) is 6.61 Å². The van der Waals surface area contributed by atoms with Gasteiger partial charge in [-0.3, -0.25) is 9.59 Å². The first-order chi connectivity index (χ1) is 20.4. The van der Waals surface area contributed by atoms with Crippen LogP contribution in [0.4, 0.5) is 0 Å². The number of hydrogen-bond donors (Lipinski definition) is 3. The van der Waals surface area contributed by atoms with Crippen LogP contribution in [0.1, 0.15) is 207 Å². The Balaban J connectivity index is 4.32. The number of aliphatic hydroxyl groups excluding tert-OH is 1. The second-order valence-electron chi connectivity index (χ2n) is 13.1. The van der Waals surface area contributed by atoms with Gasteiger partial charge in [0.1, 0.15) is 5.78 Å². The quantitative estimate of drug-likeness (QED) is 0.0400. The molecule has 0 aliphatic carbocycles. The Bertz CT molecular complexity index is 611. The highest BCUT2D eigenvalue weighted by Crippen LogP contribution is 2.20. The van der Waals surface area contributed by atoms with Gasteiger partial charge in [0.05, 0.1) is 12.5 Å². The van der Waals surface area contributed by atoms with E-state index in [9.17, 15) is 19.8 Å². The molecule has 2 unspecified atom stereocenters. The number of Topliss-reactive ketones (excluding diaryl/α,β-unsaturated/α-hetero) is 1. The van der Waals surface area contributed by atoms with Crippen LogP contribution >= 0.6 is 0 Å². The Morgan fingerprint density at radius 1 is 0.548 bits per heavy atom. The van der Waals surface area contributed by atoms with Crippen LogP contribution in [-0.2, 0) is 9.59 Å². The zero-order valence-electron chi connectivity index (χ0n) is 28.5. The third-order valence-corrected chi connectivity index (χ3v) is 8.86. The Morgan fingerprint density at radius 3 is 1.26 bits per heavy atom. The largest absolute Gasteiger partial charge is 0.391 e. The molecule has 0 aromatic carbocycles. The highest BCUT2D eigenvalue weighted by molar-refractivity contribution is 6.01. The third-order valence-electron chi connectivity index (χ3n) is 8.86.